The minimum absolute atomic E-state index is 0.234. The third kappa shape index (κ3) is 3.10. The number of benzene rings is 1. The summed E-state index contributed by atoms with van der Waals surface area (Å²) < 4.78 is 18.6. The molecule has 0 radical (unpaired) electrons. The quantitative estimate of drug-likeness (QED) is 0.775. The molecule has 0 spiro atoms. The summed E-state index contributed by atoms with van der Waals surface area (Å²) in [6.07, 6.45) is 3.65. The second kappa shape index (κ2) is 5.16. The van der Waals surface area contributed by atoms with Gasteiger partial charge in [0.25, 0.3) is 0 Å². The summed E-state index contributed by atoms with van der Waals surface area (Å²) in [4.78, 5) is 0. The third-order valence-corrected chi connectivity index (χ3v) is 2.73. The molecule has 3 N–H and O–H groups in total. The van der Waals surface area contributed by atoms with Gasteiger partial charge in [-0.1, -0.05) is 0 Å². The van der Waals surface area contributed by atoms with Crippen molar-refractivity contribution in [2.24, 2.45) is 0 Å². The van der Waals surface area contributed by atoms with Crippen molar-refractivity contribution in [3.63, 3.8) is 0 Å². The van der Waals surface area contributed by atoms with Gasteiger partial charge < -0.3 is 15.8 Å². The fraction of sp³-hybridized carbons (Fsp3) is 0.500. The number of rotatable bonds is 3. The molecule has 1 heterocycles. The Kier molecular flexibility index (Phi) is 3.62. The number of hydrogen-bond acceptors (Lipinski definition) is 3. The summed E-state index contributed by atoms with van der Waals surface area (Å²) in [5.41, 5.74) is 6.71. The van der Waals surface area contributed by atoms with Crippen molar-refractivity contribution in [1.82, 2.24) is 0 Å². The second-order valence-corrected chi connectivity index (χ2v) is 4.14. The standard InChI is InChI=1S/C12H17FN2O/c13-9-5-10(14)7-11(6-9)15-8-12-3-1-2-4-16-12/h5-7,12,15H,1-4,8,14H2. The van der Waals surface area contributed by atoms with Gasteiger partial charge in [-0.3, -0.25) is 0 Å². The summed E-state index contributed by atoms with van der Waals surface area (Å²) in [7, 11) is 0. The van der Waals surface area contributed by atoms with Crippen LogP contribution in [0.1, 0.15) is 19.3 Å². The molecule has 1 atom stereocenters. The van der Waals surface area contributed by atoms with Gasteiger partial charge in [-0.25, -0.2) is 4.39 Å². The van der Waals surface area contributed by atoms with Crippen LogP contribution < -0.4 is 11.1 Å². The van der Waals surface area contributed by atoms with Crippen molar-refractivity contribution < 1.29 is 9.13 Å². The molecule has 1 aliphatic rings. The van der Waals surface area contributed by atoms with Crippen molar-refractivity contribution >= 4 is 11.4 Å². The minimum Gasteiger partial charge on any atom is -0.399 e. The van der Waals surface area contributed by atoms with E-state index in [0.717, 1.165) is 19.4 Å². The van der Waals surface area contributed by atoms with Gasteiger partial charge in [0, 0.05) is 24.5 Å². The normalized spacial score (nSPS) is 20.7. The first-order valence-corrected chi connectivity index (χ1v) is 5.65. The number of halogens is 1. The average molecular weight is 224 g/mol. The Morgan fingerprint density at radius 3 is 2.94 bits per heavy atom. The van der Waals surface area contributed by atoms with Gasteiger partial charge in [-0.15, -0.1) is 0 Å². The minimum atomic E-state index is -0.313. The van der Waals surface area contributed by atoms with Crippen molar-refractivity contribution in [2.45, 2.75) is 25.4 Å². The molecule has 1 fully saturated rings. The van der Waals surface area contributed by atoms with E-state index in [1.807, 2.05) is 0 Å². The van der Waals surface area contributed by atoms with E-state index < -0.39 is 0 Å². The summed E-state index contributed by atoms with van der Waals surface area (Å²) in [6.45, 7) is 1.54. The Morgan fingerprint density at radius 2 is 2.25 bits per heavy atom. The van der Waals surface area contributed by atoms with Crippen LogP contribution in [-0.2, 0) is 4.74 Å². The van der Waals surface area contributed by atoms with Crippen LogP contribution in [0.2, 0.25) is 0 Å². The summed E-state index contributed by atoms with van der Waals surface area (Å²) in [5.74, 6) is -0.313. The van der Waals surface area contributed by atoms with Crippen LogP contribution in [0.4, 0.5) is 15.8 Å². The molecule has 0 aliphatic carbocycles. The highest BCUT2D eigenvalue weighted by molar-refractivity contribution is 5.54. The number of nitrogens with two attached hydrogens (primary N) is 1. The lowest BCUT2D eigenvalue weighted by molar-refractivity contribution is 0.0247. The van der Waals surface area contributed by atoms with Crippen molar-refractivity contribution in [2.75, 3.05) is 24.2 Å². The largest absolute Gasteiger partial charge is 0.399 e. The zero-order chi connectivity index (χ0) is 11.4. The van der Waals surface area contributed by atoms with Crippen molar-refractivity contribution in [3.8, 4) is 0 Å². The SMILES string of the molecule is Nc1cc(F)cc(NCC2CCCCO2)c1. The van der Waals surface area contributed by atoms with Gasteiger partial charge in [0.05, 0.1) is 6.10 Å². The van der Waals surface area contributed by atoms with Crippen LogP contribution in [0.3, 0.4) is 0 Å². The molecule has 2 rings (SSSR count). The molecule has 88 valence electrons. The van der Waals surface area contributed by atoms with E-state index >= 15 is 0 Å². The molecule has 0 bridgehead atoms. The molecule has 0 saturated carbocycles. The van der Waals surface area contributed by atoms with Crippen molar-refractivity contribution in [3.05, 3.63) is 24.0 Å². The Morgan fingerprint density at radius 1 is 1.38 bits per heavy atom. The van der Waals surface area contributed by atoms with E-state index in [0.29, 0.717) is 17.9 Å². The van der Waals surface area contributed by atoms with Gasteiger partial charge in [-0.2, -0.15) is 0 Å². The molecule has 1 unspecified atom stereocenters. The highest BCUT2D eigenvalue weighted by atomic mass is 19.1. The average Bonchev–Trinajstić information content (AvgIpc) is 2.27. The topological polar surface area (TPSA) is 47.3 Å². The summed E-state index contributed by atoms with van der Waals surface area (Å²) in [6, 6.07) is 4.48. The Bertz CT molecular complexity index is 331. The molecule has 1 aromatic carbocycles. The van der Waals surface area contributed by atoms with E-state index in [1.165, 1.54) is 18.6 Å². The van der Waals surface area contributed by atoms with Gasteiger partial charge in [-0.05, 0) is 37.5 Å². The van der Waals surface area contributed by atoms with Crippen LogP contribution in [0, 0.1) is 5.82 Å². The van der Waals surface area contributed by atoms with E-state index in [1.54, 1.807) is 6.07 Å². The molecular weight excluding hydrogens is 207 g/mol. The fourth-order valence-electron chi connectivity index (χ4n) is 1.91. The predicted octanol–water partition coefficient (Wildman–Crippen LogP) is 2.39. The van der Waals surface area contributed by atoms with Gasteiger partial charge in [0.2, 0.25) is 0 Å². The monoisotopic (exact) mass is 224 g/mol. The van der Waals surface area contributed by atoms with Crippen LogP contribution >= 0.6 is 0 Å². The number of anilines is 2. The zero-order valence-electron chi connectivity index (χ0n) is 9.21. The lowest BCUT2D eigenvalue weighted by Gasteiger charge is -2.23. The molecule has 4 heteroatoms. The van der Waals surface area contributed by atoms with E-state index in [2.05, 4.69) is 5.32 Å². The van der Waals surface area contributed by atoms with Crippen LogP contribution in [0.15, 0.2) is 18.2 Å². The summed E-state index contributed by atoms with van der Waals surface area (Å²) >= 11 is 0. The Hall–Kier alpha value is -1.29. The van der Waals surface area contributed by atoms with Crippen LogP contribution in [-0.4, -0.2) is 19.3 Å². The lowest BCUT2D eigenvalue weighted by Crippen LogP contribution is -2.27. The number of nitrogen functional groups attached to an aromatic ring is 1. The highest BCUT2D eigenvalue weighted by Gasteiger charge is 2.13. The molecule has 3 nitrogen and oxygen atoms in total. The predicted molar refractivity (Wildman–Crippen MR) is 62.9 cm³/mol. The first-order chi connectivity index (χ1) is 7.74. The molecule has 0 aromatic heterocycles. The van der Waals surface area contributed by atoms with E-state index in [9.17, 15) is 4.39 Å². The summed E-state index contributed by atoms with van der Waals surface area (Å²) in [5, 5.41) is 3.15. The van der Waals surface area contributed by atoms with Crippen LogP contribution in [0.25, 0.3) is 0 Å². The number of ether oxygens (including phenoxy) is 1. The molecule has 1 aromatic rings. The highest BCUT2D eigenvalue weighted by Crippen LogP contribution is 2.17. The molecule has 1 aliphatic heterocycles. The first kappa shape index (κ1) is 11.2. The van der Waals surface area contributed by atoms with Gasteiger partial charge in [0.15, 0.2) is 0 Å². The second-order valence-electron chi connectivity index (χ2n) is 4.14. The number of hydrogen-bond donors (Lipinski definition) is 2. The Labute approximate surface area is 94.8 Å². The molecule has 16 heavy (non-hydrogen) atoms. The van der Waals surface area contributed by atoms with Crippen LogP contribution in [0.5, 0.6) is 0 Å². The lowest BCUT2D eigenvalue weighted by atomic mass is 10.1. The first-order valence-electron chi connectivity index (χ1n) is 5.65. The number of nitrogens with one attached hydrogen (secondary N) is 1. The maximum Gasteiger partial charge on any atom is 0.127 e. The fourth-order valence-corrected chi connectivity index (χ4v) is 1.91. The zero-order valence-corrected chi connectivity index (χ0v) is 9.21. The maximum absolute atomic E-state index is 13.0. The molecular formula is C12H17FN2O. The third-order valence-electron chi connectivity index (χ3n) is 2.73. The Balaban J connectivity index is 1.88. The molecule has 0 amide bonds. The van der Waals surface area contributed by atoms with E-state index in [-0.39, 0.29) is 11.9 Å². The molecule has 1 saturated heterocycles. The van der Waals surface area contributed by atoms with Crippen molar-refractivity contribution in [1.29, 1.82) is 0 Å². The van der Waals surface area contributed by atoms with Gasteiger partial charge >= 0.3 is 0 Å². The maximum atomic E-state index is 13.0. The van der Waals surface area contributed by atoms with Gasteiger partial charge in [0.1, 0.15) is 5.82 Å². The smallest absolute Gasteiger partial charge is 0.127 e. The van der Waals surface area contributed by atoms with E-state index in [4.69, 9.17) is 10.5 Å².